The first kappa shape index (κ1) is 15.5. The molecule has 1 amide bonds. The number of primary amides is 1. The van der Waals surface area contributed by atoms with Gasteiger partial charge in [0.05, 0.1) is 0 Å². The van der Waals surface area contributed by atoms with Gasteiger partial charge in [0.15, 0.2) is 0 Å². The largest absolute Gasteiger partial charge is 0.399 e. The highest BCUT2D eigenvalue weighted by Crippen LogP contribution is 2.59. The molecule has 0 aliphatic carbocycles. The van der Waals surface area contributed by atoms with Crippen LogP contribution in [0.15, 0.2) is 29.8 Å². The van der Waals surface area contributed by atoms with Crippen molar-refractivity contribution in [3.8, 4) is 0 Å². The topological polar surface area (TPSA) is 101 Å². The van der Waals surface area contributed by atoms with Crippen molar-refractivity contribution < 1.29 is 27.9 Å². The van der Waals surface area contributed by atoms with Crippen molar-refractivity contribution in [1.82, 2.24) is 0 Å². The third-order valence-electron chi connectivity index (χ3n) is 2.37. The van der Waals surface area contributed by atoms with Gasteiger partial charge in [-0.2, -0.15) is 8.78 Å². The molecule has 0 atom stereocenters. The molecule has 0 heterocycles. The summed E-state index contributed by atoms with van der Waals surface area (Å²) in [6.07, 6.45) is 1.25. The summed E-state index contributed by atoms with van der Waals surface area (Å²) in [6.45, 7) is 1.40. The molecule has 0 aliphatic rings. The average molecular weight is 291 g/mol. The molecule has 0 aromatic heterocycles. The Labute approximate surface area is 107 Å². The summed E-state index contributed by atoms with van der Waals surface area (Å²) in [6, 6.07) is 4.41. The maximum Gasteiger partial charge on any atom is 0.399 e. The van der Waals surface area contributed by atoms with Gasteiger partial charge in [-0.15, -0.1) is 0 Å². The molecule has 1 aromatic rings. The van der Waals surface area contributed by atoms with Crippen LogP contribution in [0.4, 0.5) is 8.78 Å². The van der Waals surface area contributed by atoms with Gasteiger partial charge in [0.2, 0.25) is 5.91 Å². The Bertz CT molecular complexity index is 580. The van der Waals surface area contributed by atoms with Crippen molar-refractivity contribution in [2.75, 3.05) is 0 Å². The summed E-state index contributed by atoms with van der Waals surface area (Å²) >= 11 is 0. The van der Waals surface area contributed by atoms with Crippen LogP contribution in [0, 0.1) is 0 Å². The van der Waals surface area contributed by atoms with Crippen molar-refractivity contribution >= 4 is 19.6 Å². The van der Waals surface area contributed by atoms with Gasteiger partial charge in [0, 0.05) is 11.1 Å². The lowest BCUT2D eigenvalue weighted by Gasteiger charge is -2.18. The molecular formula is C11H12F2NO4P. The number of hydrogen-bond donors (Lipinski definition) is 3. The SMILES string of the molecule is C/C(=C\c1cccc(C(F)(F)P(=O)(O)O)c1)C(N)=O. The van der Waals surface area contributed by atoms with Crippen LogP contribution in [0.3, 0.4) is 0 Å². The predicted molar refractivity (Wildman–Crippen MR) is 65.2 cm³/mol. The molecular weight excluding hydrogens is 279 g/mol. The molecule has 104 valence electrons. The van der Waals surface area contributed by atoms with E-state index in [4.69, 9.17) is 15.5 Å². The number of nitrogens with two attached hydrogens (primary N) is 1. The monoisotopic (exact) mass is 291 g/mol. The summed E-state index contributed by atoms with van der Waals surface area (Å²) in [5, 5.41) is 0. The van der Waals surface area contributed by atoms with Gasteiger partial charge in [-0.25, -0.2) is 0 Å². The summed E-state index contributed by atoms with van der Waals surface area (Å²) < 4.78 is 37.7. The molecule has 0 saturated heterocycles. The molecule has 0 saturated carbocycles. The second-order valence-corrected chi connectivity index (χ2v) is 5.55. The van der Waals surface area contributed by atoms with Crippen LogP contribution in [0.2, 0.25) is 0 Å². The quantitative estimate of drug-likeness (QED) is 0.581. The number of hydrogen-bond acceptors (Lipinski definition) is 2. The van der Waals surface area contributed by atoms with E-state index in [1.54, 1.807) is 0 Å². The smallest absolute Gasteiger partial charge is 0.366 e. The van der Waals surface area contributed by atoms with Crippen molar-refractivity contribution in [3.05, 3.63) is 41.0 Å². The zero-order valence-corrected chi connectivity index (χ0v) is 10.8. The fourth-order valence-electron chi connectivity index (χ4n) is 1.30. The highest BCUT2D eigenvalue weighted by molar-refractivity contribution is 7.52. The van der Waals surface area contributed by atoms with E-state index in [1.807, 2.05) is 0 Å². The summed E-state index contributed by atoms with van der Waals surface area (Å²) in [4.78, 5) is 28.1. The Morgan fingerprint density at radius 3 is 2.47 bits per heavy atom. The van der Waals surface area contributed by atoms with Gasteiger partial charge in [-0.05, 0) is 24.6 Å². The van der Waals surface area contributed by atoms with Crippen LogP contribution in [0.1, 0.15) is 18.1 Å². The molecule has 1 rings (SSSR count). The van der Waals surface area contributed by atoms with Crippen LogP contribution in [0.5, 0.6) is 0 Å². The summed E-state index contributed by atoms with van der Waals surface area (Å²) in [5.41, 5.74) is 0.222. The number of halogens is 2. The number of rotatable bonds is 4. The molecule has 1 aromatic carbocycles. The van der Waals surface area contributed by atoms with Crippen LogP contribution < -0.4 is 5.73 Å². The highest BCUT2D eigenvalue weighted by Gasteiger charge is 2.50. The molecule has 0 unspecified atom stereocenters. The van der Waals surface area contributed by atoms with Crippen LogP contribution >= 0.6 is 7.60 Å². The number of amides is 1. The predicted octanol–water partition coefficient (Wildman–Crippen LogP) is 1.80. The van der Waals surface area contributed by atoms with Crippen molar-refractivity contribution in [3.63, 3.8) is 0 Å². The molecule has 4 N–H and O–H groups in total. The van der Waals surface area contributed by atoms with Crippen molar-refractivity contribution in [2.45, 2.75) is 12.6 Å². The summed E-state index contributed by atoms with van der Waals surface area (Å²) in [7, 11) is -5.61. The first-order valence-corrected chi connectivity index (χ1v) is 6.69. The normalized spacial score (nSPS) is 13.4. The van der Waals surface area contributed by atoms with Crippen molar-refractivity contribution in [1.29, 1.82) is 0 Å². The Balaban J connectivity index is 3.26. The minimum Gasteiger partial charge on any atom is -0.366 e. The highest BCUT2D eigenvalue weighted by atomic mass is 31.2. The van der Waals surface area contributed by atoms with E-state index in [9.17, 15) is 18.1 Å². The molecule has 0 radical (unpaired) electrons. The lowest BCUT2D eigenvalue weighted by Crippen LogP contribution is -2.14. The van der Waals surface area contributed by atoms with E-state index in [0.717, 1.165) is 12.1 Å². The Morgan fingerprint density at radius 1 is 1.42 bits per heavy atom. The van der Waals surface area contributed by atoms with Gasteiger partial charge in [0.25, 0.3) is 0 Å². The Kier molecular flexibility index (Phi) is 4.25. The molecule has 0 bridgehead atoms. The van der Waals surface area contributed by atoms with Crippen LogP contribution in [-0.4, -0.2) is 15.7 Å². The molecule has 0 spiro atoms. The maximum atomic E-state index is 13.5. The van der Waals surface area contributed by atoms with Gasteiger partial charge in [0.1, 0.15) is 0 Å². The van der Waals surface area contributed by atoms with E-state index < -0.39 is 24.7 Å². The molecule has 8 heteroatoms. The lowest BCUT2D eigenvalue weighted by molar-refractivity contribution is -0.114. The third-order valence-corrected chi connectivity index (χ3v) is 3.36. The first-order chi connectivity index (χ1) is 8.55. The molecule has 19 heavy (non-hydrogen) atoms. The van der Waals surface area contributed by atoms with Crippen LogP contribution in [-0.2, 0) is 15.0 Å². The Hall–Kier alpha value is -1.56. The number of alkyl halides is 2. The number of benzene rings is 1. The second-order valence-electron chi connectivity index (χ2n) is 3.90. The van der Waals surface area contributed by atoms with E-state index in [1.165, 1.54) is 25.1 Å². The minimum absolute atomic E-state index is 0.136. The van der Waals surface area contributed by atoms with Gasteiger partial charge >= 0.3 is 13.3 Å². The van der Waals surface area contributed by atoms with E-state index in [-0.39, 0.29) is 11.1 Å². The molecule has 0 aliphatic heterocycles. The van der Waals surface area contributed by atoms with Gasteiger partial charge < -0.3 is 15.5 Å². The standard InChI is InChI=1S/C11H12F2NO4P/c1-7(10(14)15)5-8-3-2-4-9(6-8)11(12,13)19(16,17)18/h2-6H,1H3,(H2,14,15)(H2,16,17,18)/b7-5+. The van der Waals surface area contributed by atoms with Gasteiger partial charge in [-0.3, -0.25) is 9.36 Å². The maximum absolute atomic E-state index is 13.5. The van der Waals surface area contributed by atoms with Crippen molar-refractivity contribution in [2.24, 2.45) is 5.73 Å². The Morgan fingerprint density at radius 2 is 2.00 bits per heavy atom. The number of carbonyl (C=O) groups is 1. The zero-order valence-electron chi connectivity index (χ0n) is 9.88. The number of carbonyl (C=O) groups excluding carboxylic acids is 1. The molecule has 0 fully saturated rings. The van der Waals surface area contributed by atoms with E-state index in [0.29, 0.717) is 0 Å². The fourth-order valence-corrected chi connectivity index (χ4v) is 1.78. The fraction of sp³-hybridized carbons (Fsp3) is 0.182. The van der Waals surface area contributed by atoms with E-state index >= 15 is 0 Å². The second kappa shape index (κ2) is 5.21. The first-order valence-electron chi connectivity index (χ1n) is 5.08. The summed E-state index contributed by atoms with van der Waals surface area (Å²) in [5.74, 6) is -0.716. The molecule has 5 nitrogen and oxygen atoms in total. The van der Waals surface area contributed by atoms with E-state index in [2.05, 4.69) is 0 Å². The van der Waals surface area contributed by atoms with Gasteiger partial charge in [-0.1, -0.05) is 18.2 Å². The lowest BCUT2D eigenvalue weighted by atomic mass is 10.1. The average Bonchev–Trinajstić information content (AvgIpc) is 2.27. The third kappa shape index (κ3) is 3.47. The minimum atomic E-state index is -5.61. The van der Waals surface area contributed by atoms with Crippen LogP contribution in [0.25, 0.3) is 6.08 Å². The zero-order chi connectivity index (χ0) is 14.8.